The van der Waals surface area contributed by atoms with Crippen LogP contribution in [-0.4, -0.2) is 26.1 Å². The maximum absolute atomic E-state index is 12.8. The van der Waals surface area contributed by atoms with Gasteiger partial charge in [-0.3, -0.25) is 14.5 Å². The maximum atomic E-state index is 12.8. The first-order valence-electron chi connectivity index (χ1n) is 9.29. The normalized spacial score (nSPS) is 13.6. The summed E-state index contributed by atoms with van der Waals surface area (Å²) in [5.41, 5.74) is 4.32. The van der Waals surface area contributed by atoms with Gasteiger partial charge in [0.15, 0.2) is 5.78 Å². The zero-order valence-corrected chi connectivity index (χ0v) is 18.9. The highest BCUT2D eigenvalue weighted by molar-refractivity contribution is 8.01. The van der Waals surface area contributed by atoms with E-state index < -0.39 is 0 Å². The number of rotatable bonds is 4. The Hall–Kier alpha value is -1.98. The Morgan fingerprint density at radius 3 is 2.11 bits per heavy atom. The van der Waals surface area contributed by atoms with Gasteiger partial charge in [0, 0.05) is 18.8 Å². The van der Waals surface area contributed by atoms with Crippen molar-refractivity contribution < 1.29 is 9.18 Å². The number of ketones is 1. The van der Waals surface area contributed by atoms with E-state index in [0.29, 0.717) is 4.91 Å². The Morgan fingerprint density at radius 2 is 1.71 bits per heavy atom. The molecular formula is C23H33FN2OS. The molecule has 5 heteroatoms. The van der Waals surface area contributed by atoms with Gasteiger partial charge in [-0.1, -0.05) is 29.3 Å². The number of benzene rings is 1. The van der Waals surface area contributed by atoms with Crippen LogP contribution in [0, 0.1) is 13.8 Å². The number of nitrogens with one attached hydrogen (secondary N) is 1. The summed E-state index contributed by atoms with van der Waals surface area (Å²) in [5.74, 6) is 0.0439. The van der Waals surface area contributed by atoms with Crippen LogP contribution < -0.4 is 4.72 Å². The van der Waals surface area contributed by atoms with Gasteiger partial charge in [-0.2, -0.15) is 0 Å². The third-order valence-corrected chi connectivity index (χ3v) is 4.47. The molecule has 3 nitrogen and oxygen atoms in total. The largest absolute Gasteiger partial charge is 0.296 e. The molecule has 0 aliphatic heterocycles. The molecule has 1 aromatic rings. The van der Waals surface area contributed by atoms with Gasteiger partial charge in [-0.25, -0.2) is 4.39 Å². The van der Waals surface area contributed by atoms with Crippen LogP contribution in [0.4, 0.5) is 4.39 Å². The first-order chi connectivity index (χ1) is 13.2. The summed E-state index contributed by atoms with van der Waals surface area (Å²) in [6.07, 6.45) is 9.18. The minimum atomic E-state index is -0.0920. The Labute approximate surface area is 174 Å². The highest BCUT2D eigenvalue weighted by Gasteiger charge is 2.06. The number of hydrogen-bond acceptors (Lipinski definition) is 4. The summed E-state index contributed by atoms with van der Waals surface area (Å²) in [5, 5.41) is 0. The van der Waals surface area contributed by atoms with Crippen molar-refractivity contribution in [3.05, 3.63) is 69.4 Å². The molecule has 0 saturated carbocycles. The van der Waals surface area contributed by atoms with E-state index in [0.717, 1.165) is 29.5 Å². The third kappa shape index (κ3) is 11.7. The molecule has 2 rings (SSSR count). The molecule has 0 atom stereocenters. The van der Waals surface area contributed by atoms with Gasteiger partial charge in [0.1, 0.15) is 5.83 Å². The Morgan fingerprint density at radius 1 is 1.14 bits per heavy atom. The van der Waals surface area contributed by atoms with E-state index in [9.17, 15) is 9.18 Å². The summed E-state index contributed by atoms with van der Waals surface area (Å²) < 4.78 is 15.6. The lowest BCUT2D eigenvalue weighted by Crippen LogP contribution is -1.95. The highest BCUT2D eigenvalue weighted by atomic mass is 32.2. The van der Waals surface area contributed by atoms with E-state index in [-0.39, 0.29) is 11.6 Å². The molecular weight excluding hydrogens is 371 g/mol. The van der Waals surface area contributed by atoms with E-state index >= 15 is 0 Å². The number of allylic oxidation sites excluding steroid dienone is 5. The van der Waals surface area contributed by atoms with Crippen LogP contribution in [0.2, 0.25) is 0 Å². The second-order valence-electron chi connectivity index (χ2n) is 6.36. The third-order valence-electron chi connectivity index (χ3n) is 3.68. The molecule has 1 N–H and O–H groups in total. The quantitative estimate of drug-likeness (QED) is 0.352. The van der Waals surface area contributed by atoms with Gasteiger partial charge in [-0.15, -0.1) is 0 Å². The lowest BCUT2D eigenvalue weighted by molar-refractivity contribution is 0.101. The second-order valence-corrected chi connectivity index (χ2v) is 7.41. The number of hydrogen-bond donors (Lipinski definition) is 1. The Kier molecular flexibility index (Phi) is 13.9. The predicted molar refractivity (Wildman–Crippen MR) is 123 cm³/mol. The molecule has 0 radical (unpaired) electrons. The SMILES string of the molecule is C/C=C(/C)C=NC.CC(=O)c1cc(C)cc(C)c1.CNSC1=CCCC=C1F. The molecule has 0 fully saturated rings. The molecule has 0 heterocycles. The van der Waals surface area contributed by atoms with Crippen molar-refractivity contribution in [1.82, 2.24) is 4.72 Å². The fraction of sp³-hybridized carbons (Fsp3) is 0.391. The molecule has 1 aliphatic carbocycles. The molecule has 0 unspecified atom stereocenters. The number of aryl methyl sites for hydroxylation is 2. The Bertz CT molecular complexity index is 729. The number of carbonyl (C=O) groups is 1. The van der Waals surface area contributed by atoms with Crippen LogP contribution in [-0.2, 0) is 0 Å². The van der Waals surface area contributed by atoms with Crippen molar-refractivity contribution in [3.8, 4) is 0 Å². The van der Waals surface area contributed by atoms with Crippen LogP contribution in [0.25, 0.3) is 0 Å². The summed E-state index contributed by atoms with van der Waals surface area (Å²) >= 11 is 1.33. The van der Waals surface area contributed by atoms with Crippen molar-refractivity contribution in [2.24, 2.45) is 4.99 Å². The van der Waals surface area contributed by atoms with Crippen LogP contribution in [0.1, 0.15) is 55.1 Å². The fourth-order valence-electron chi connectivity index (χ4n) is 2.28. The topological polar surface area (TPSA) is 41.5 Å². The van der Waals surface area contributed by atoms with Gasteiger partial charge in [0.05, 0.1) is 4.91 Å². The number of carbonyl (C=O) groups excluding carboxylic acids is 1. The van der Waals surface area contributed by atoms with Crippen LogP contribution in [0.15, 0.2) is 57.7 Å². The standard InChI is InChI=1S/C10H12O.C7H10FNS.C6H11N/c1-7-4-8(2)6-10(5-7)9(3)11;1-9-10-7-5-3-2-4-6(7)8;1-4-6(2)5-7-3/h4-6H,1-3H3;4-5,9H,2-3H2,1H3;4-5H,1-3H3/b;;6-4-,7-5?. The lowest BCUT2D eigenvalue weighted by Gasteiger charge is -2.06. The van der Waals surface area contributed by atoms with Crippen molar-refractivity contribution in [3.63, 3.8) is 0 Å². The maximum Gasteiger partial charge on any atom is 0.159 e. The first-order valence-corrected chi connectivity index (χ1v) is 10.1. The average Bonchev–Trinajstić information content (AvgIpc) is 2.64. The molecule has 0 saturated heterocycles. The Balaban J connectivity index is 0.000000402. The molecule has 0 amide bonds. The fourth-order valence-corrected chi connectivity index (χ4v) is 2.88. The van der Waals surface area contributed by atoms with Gasteiger partial charge >= 0.3 is 0 Å². The molecule has 0 bridgehead atoms. The van der Waals surface area contributed by atoms with Crippen molar-refractivity contribution in [2.45, 2.75) is 47.5 Å². The average molecular weight is 405 g/mol. The highest BCUT2D eigenvalue weighted by Crippen LogP contribution is 2.27. The summed E-state index contributed by atoms with van der Waals surface area (Å²) in [6, 6.07) is 5.89. The first kappa shape index (κ1) is 26.0. The molecule has 28 heavy (non-hydrogen) atoms. The van der Waals surface area contributed by atoms with E-state index in [1.807, 2.05) is 58.2 Å². The van der Waals surface area contributed by atoms with Gasteiger partial charge < -0.3 is 0 Å². The zero-order chi connectivity index (χ0) is 21.5. The van der Waals surface area contributed by atoms with E-state index in [4.69, 9.17) is 0 Å². The minimum absolute atomic E-state index is 0.0920. The predicted octanol–water partition coefficient (Wildman–Crippen LogP) is 6.54. The van der Waals surface area contributed by atoms with Gasteiger partial charge in [0.25, 0.3) is 0 Å². The van der Waals surface area contributed by atoms with Crippen molar-refractivity contribution in [1.29, 1.82) is 0 Å². The van der Waals surface area contributed by atoms with E-state index in [2.05, 4.69) is 15.8 Å². The van der Waals surface area contributed by atoms with Crippen LogP contribution in [0.5, 0.6) is 0 Å². The number of nitrogens with zero attached hydrogens (tertiary/aromatic N) is 1. The molecule has 1 aromatic carbocycles. The van der Waals surface area contributed by atoms with E-state index in [1.165, 1.54) is 17.5 Å². The van der Waals surface area contributed by atoms with Gasteiger partial charge in [0.2, 0.25) is 0 Å². The monoisotopic (exact) mass is 404 g/mol. The van der Waals surface area contributed by atoms with E-state index in [1.54, 1.807) is 27.1 Å². The molecule has 0 spiro atoms. The van der Waals surface area contributed by atoms with Gasteiger partial charge in [-0.05, 0) is 90.2 Å². The smallest absolute Gasteiger partial charge is 0.159 e. The number of aliphatic imine (C=N–C) groups is 1. The summed E-state index contributed by atoms with van der Waals surface area (Å²) in [4.78, 5) is 15.5. The minimum Gasteiger partial charge on any atom is -0.296 e. The van der Waals surface area contributed by atoms with Crippen LogP contribution >= 0.6 is 11.9 Å². The lowest BCUT2D eigenvalue weighted by atomic mass is 10.1. The molecule has 1 aliphatic rings. The second kappa shape index (κ2) is 15.0. The number of Topliss-reactive ketones (excluding diaryl/α,β-unsaturated/α-hetero) is 1. The summed E-state index contributed by atoms with van der Waals surface area (Å²) in [7, 11) is 3.56. The zero-order valence-electron chi connectivity index (χ0n) is 18.1. The number of halogens is 1. The summed E-state index contributed by atoms with van der Waals surface area (Å²) in [6.45, 7) is 9.61. The molecule has 0 aromatic heterocycles. The van der Waals surface area contributed by atoms with Crippen molar-refractivity contribution in [2.75, 3.05) is 14.1 Å². The molecule has 154 valence electrons. The van der Waals surface area contributed by atoms with Crippen LogP contribution in [0.3, 0.4) is 0 Å². The van der Waals surface area contributed by atoms with Crippen molar-refractivity contribution >= 4 is 23.9 Å².